The highest BCUT2D eigenvalue weighted by atomic mass is 35.5. The molecule has 3 aromatic rings. The summed E-state index contributed by atoms with van der Waals surface area (Å²) in [5, 5.41) is 3.24. The lowest BCUT2D eigenvalue weighted by Gasteiger charge is -2.16. The fourth-order valence-corrected chi connectivity index (χ4v) is 3.28. The van der Waals surface area contributed by atoms with E-state index in [-0.39, 0.29) is 17.9 Å². The van der Waals surface area contributed by atoms with Crippen LogP contribution in [0.5, 0.6) is 5.75 Å². The van der Waals surface area contributed by atoms with Crippen LogP contribution >= 0.6 is 11.6 Å². The second kappa shape index (κ2) is 8.97. The first-order chi connectivity index (χ1) is 14.3. The quantitative estimate of drug-likeness (QED) is 0.488. The number of carbonyl (C=O) groups is 2. The van der Waals surface area contributed by atoms with Crippen LogP contribution in [0.25, 0.3) is 0 Å². The zero-order chi connectivity index (χ0) is 21.8. The summed E-state index contributed by atoms with van der Waals surface area (Å²) >= 11 is 6.06. The topological polar surface area (TPSA) is 77.4 Å². The monoisotopic (exact) mass is 424 g/mol. The van der Waals surface area contributed by atoms with Crippen LogP contribution in [0.3, 0.4) is 0 Å². The number of esters is 1. The van der Waals surface area contributed by atoms with Crippen molar-refractivity contribution in [2.45, 2.75) is 27.3 Å². The lowest BCUT2D eigenvalue weighted by atomic mass is 10.1. The highest BCUT2D eigenvalue weighted by Gasteiger charge is 2.18. The Balaban J connectivity index is 1.97. The number of halogens is 1. The van der Waals surface area contributed by atoms with Gasteiger partial charge in [-0.3, -0.25) is 14.4 Å². The molecule has 0 aliphatic heterocycles. The second-order valence-corrected chi connectivity index (χ2v) is 7.33. The third kappa shape index (κ3) is 4.78. The fraction of sp³-hybridized carbons (Fsp3) is 0.174. The van der Waals surface area contributed by atoms with Crippen LogP contribution in [0.15, 0.2) is 59.4 Å². The third-order valence-corrected chi connectivity index (χ3v) is 4.91. The van der Waals surface area contributed by atoms with Crippen LogP contribution in [0.4, 0.5) is 5.69 Å². The maximum atomic E-state index is 13.1. The number of rotatable bonds is 5. The molecule has 154 valence electrons. The van der Waals surface area contributed by atoms with E-state index in [1.54, 1.807) is 47.0 Å². The minimum atomic E-state index is -0.581. The molecule has 0 atom stereocenters. The Bertz CT molecular complexity index is 1180. The van der Waals surface area contributed by atoms with E-state index >= 15 is 0 Å². The van der Waals surface area contributed by atoms with Crippen LogP contribution < -0.4 is 15.6 Å². The summed E-state index contributed by atoms with van der Waals surface area (Å²) < 4.78 is 6.67. The number of aromatic nitrogens is 1. The summed E-state index contributed by atoms with van der Waals surface area (Å²) in [4.78, 5) is 37.3. The van der Waals surface area contributed by atoms with Gasteiger partial charge in [0.15, 0.2) is 5.75 Å². The Morgan fingerprint density at radius 1 is 1.07 bits per heavy atom. The Labute approximate surface area is 179 Å². The van der Waals surface area contributed by atoms with Crippen LogP contribution in [0, 0.1) is 13.8 Å². The number of amides is 1. The summed E-state index contributed by atoms with van der Waals surface area (Å²) in [6.45, 7) is 5.24. The number of hydrogen-bond acceptors (Lipinski definition) is 4. The number of benzene rings is 2. The summed E-state index contributed by atoms with van der Waals surface area (Å²) in [5.41, 5.74) is 2.30. The van der Waals surface area contributed by atoms with Gasteiger partial charge in [0.05, 0.1) is 12.2 Å². The van der Waals surface area contributed by atoms with Crippen molar-refractivity contribution in [3.63, 3.8) is 0 Å². The SMILES string of the molecule is CC(=O)Oc1ccccc1NC(=O)c1cc(C)c(C)n(Cc2cccc(Cl)c2)c1=O. The molecule has 0 bridgehead atoms. The number of aryl methyl sites for hydroxylation is 1. The number of hydrogen-bond donors (Lipinski definition) is 1. The predicted molar refractivity (Wildman–Crippen MR) is 116 cm³/mol. The standard InChI is InChI=1S/C23H21ClN2O4/c1-14-11-19(22(28)25-20-9-4-5-10-21(20)30-16(3)27)23(29)26(15(14)2)13-17-7-6-8-18(24)12-17/h4-12H,13H2,1-3H3,(H,25,28). The van der Waals surface area contributed by atoms with E-state index in [9.17, 15) is 14.4 Å². The van der Waals surface area contributed by atoms with Crippen LogP contribution in [0.1, 0.15) is 34.1 Å². The minimum Gasteiger partial charge on any atom is -0.424 e. The summed E-state index contributed by atoms with van der Waals surface area (Å²) in [7, 11) is 0. The number of nitrogens with zero attached hydrogens (tertiary/aromatic N) is 1. The van der Waals surface area contributed by atoms with Gasteiger partial charge < -0.3 is 14.6 Å². The normalized spacial score (nSPS) is 10.5. The van der Waals surface area contributed by atoms with Crippen molar-refractivity contribution < 1.29 is 14.3 Å². The van der Waals surface area contributed by atoms with Crippen LogP contribution in [-0.4, -0.2) is 16.4 Å². The van der Waals surface area contributed by atoms with Crippen molar-refractivity contribution in [2.24, 2.45) is 0 Å². The van der Waals surface area contributed by atoms with E-state index in [1.165, 1.54) is 6.92 Å². The maximum Gasteiger partial charge on any atom is 0.308 e. The molecule has 0 unspecified atom stereocenters. The molecular formula is C23H21ClN2O4. The molecule has 30 heavy (non-hydrogen) atoms. The van der Waals surface area contributed by atoms with Crippen molar-refractivity contribution in [3.05, 3.63) is 92.4 Å². The highest BCUT2D eigenvalue weighted by molar-refractivity contribution is 6.30. The molecular weight excluding hydrogens is 404 g/mol. The molecule has 0 aliphatic rings. The lowest BCUT2D eigenvalue weighted by molar-refractivity contribution is -0.131. The first kappa shape index (κ1) is 21.3. The Morgan fingerprint density at radius 2 is 1.80 bits per heavy atom. The zero-order valence-electron chi connectivity index (χ0n) is 16.9. The van der Waals surface area contributed by atoms with Gasteiger partial charge >= 0.3 is 5.97 Å². The Morgan fingerprint density at radius 3 is 2.50 bits per heavy atom. The maximum absolute atomic E-state index is 13.1. The smallest absolute Gasteiger partial charge is 0.308 e. The molecule has 1 amide bonds. The van der Waals surface area contributed by atoms with E-state index in [0.29, 0.717) is 10.7 Å². The van der Waals surface area contributed by atoms with Gasteiger partial charge in [0.2, 0.25) is 0 Å². The molecule has 1 heterocycles. The average molecular weight is 425 g/mol. The largest absolute Gasteiger partial charge is 0.424 e. The van der Waals surface area contributed by atoms with Crippen molar-refractivity contribution in [3.8, 4) is 5.75 Å². The lowest BCUT2D eigenvalue weighted by Crippen LogP contribution is -2.31. The Kier molecular flexibility index (Phi) is 6.37. The van der Waals surface area contributed by atoms with Gasteiger partial charge in [-0.15, -0.1) is 0 Å². The van der Waals surface area contributed by atoms with E-state index in [4.69, 9.17) is 16.3 Å². The van der Waals surface area contributed by atoms with Gasteiger partial charge in [0.25, 0.3) is 11.5 Å². The molecule has 1 N–H and O–H groups in total. The molecule has 0 saturated carbocycles. The Hall–Kier alpha value is -3.38. The van der Waals surface area contributed by atoms with E-state index < -0.39 is 17.4 Å². The fourth-order valence-electron chi connectivity index (χ4n) is 3.07. The number of carbonyl (C=O) groups excluding carboxylic acids is 2. The molecule has 0 fully saturated rings. The first-order valence-electron chi connectivity index (χ1n) is 9.30. The molecule has 0 radical (unpaired) electrons. The van der Waals surface area contributed by atoms with Crippen LogP contribution in [-0.2, 0) is 11.3 Å². The summed E-state index contributed by atoms with van der Waals surface area (Å²) in [5.74, 6) is -0.879. The molecule has 0 spiro atoms. The molecule has 1 aromatic heterocycles. The molecule has 3 rings (SSSR count). The van der Waals surface area contributed by atoms with E-state index in [0.717, 1.165) is 16.8 Å². The molecule has 6 nitrogen and oxygen atoms in total. The number of ether oxygens (including phenoxy) is 1. The van der Waals surface area contributed by atoms with Gasteiger partial charge in [0, 0.05) is 17.6 Å². The van der Waals surface area contributed by atoms with Crippen molar-refractivity contribution in [1.82, 2.24) is 4.57 Å². The summed E-state index contributed by atoms with van der Waals surface area (Å²) in [6, 6.07) is 15.3. The molecule has 0 saturated heterocycles. The average Bonchev–Trinajstić information content (AvgIpc) is 2.69. The van der Waals surface area contributed by atoms with Crippen molar-refractivity contribution in [1.29, 1.82) is 0 Å². The number of nitrogens with one attached hydrogen (secondary N) is 1. The molecule has 0 aliphatic carbocycles. The van der Waals surface area contributed by atoms with E-state index in [2.05, 4.69) is 5.32 Å². The van der Waals surface area contributed by atoms with Gasteiger partial charge in [-0.2, -0.15) is 0 Å². The van der Waals surface area contributed by atoms with E-state index in [1.807, 2.05) is 26.0 Å². The second-order valence-electron chi connectivity index (χ2n) is 6.89. The number of anilines is 1. The number of pyridine rings is 1. The van der Waals surface area contributed by atoms with Gasteiger partial charge in [-0.05, 0) is 55.3 Å². The van der Waals surface area contributed by atoms with Crippen molar-refractivity contribution in [2.75, 3.05) is 5.32 Å². The highest BCUT2D eigenvalue weighted by Crippen LogP contribution is 2.24. The van der Waals surface area contributed by atoms with Gasteiger partial charge in [0.1, 0.15) is 5.56 Å². The molecule has 2 aromatic carbocycles. The van der Waals surface area contributed by atoms with Gasteiger partial charge in [-0.25, -0.2) is 0 Å². The zero-order valence-corrected chi connectivity index (χ0v) is 17.6. The van der Waals surface area contributed by atoms with Gasteiger partial charge in [-0.1, -0.05) is 35.9 Å². The number of para-hydroxylation sites is 2. The molecule has 7 heteroatoms. The van der Waals surface area contributed by atoms with Crippen LogP contribution in [0.2, 0.25) is 5.02 Å². The van der Waals surface area contributed by atoms with Crippen molar-refractivity contribution >= 4 is 29.2 Å². The first-order valence-corrected chi connectivity index (χ1v) is 9.68. The minimum absolute atomic E-state index is 0.00208. The third-order valence-electron chi connectivity index (χ3n) is 4.68. The summed E-state index contributed by atoms with van der Waals surface area (Å²) in [6.07, 6.45) is 0. The predicted octanol–water partition coefficient (Wildman–Crippen LogP) is 4.34.